The van der Waals surface area contributed by atoms with Gasteiger partial charge in [0.1, 0.15) is 54.9 Å². The van der Waals surface area contributed by atoms with Crippen molar-refractivity contribution >= 4 is 5.97 Å². The third-order valence-corrected chi connectivity index (χ3v) is 10.0. The van der Waals surface area contributed by atoms with E-state index in [1.54, 1.807) is 0 Å². The molecular weight excluding hydrogens is 704 g/mol. The zero-order chi connectivity index (χ0) is 39.6. The van der Waals surface area contributed by atoms with Gasteiger partial charge in [0.05, 0.1) is 26.4 Å². The number of carbonyl (C=O) groups excluding carboxylic acids is 1. The number of esters is 1. The molecular formula is C40H74O14. The summed E-state index contributed by atoms with van der Waals surface area (Å²) in [5.74, 6) is -0.392. The van der Waals surface area contributed by atoms with E-state index >= 15 is 0 Å². The average Bonchev–Trinajstić information content (AvgIpc) is 3.16. The third kappa shape index (κ3) is 19.3. The molecule has 2 aliphatic heterocycles. The zero-order valence-electron chi connectivity index (χ0n) is 33.0. The van der Waals surface area contributed by atoms with Gasteiger partial charge in [-0.25, -0.2) is 0 Å². The van der Waals surface area contributed by atoms with Crippen LogP contribution in [0.3, 0.4) is 0 Å². The lowest BCUT2D eigenvalue weighted by Crippen LogP contribution is -2.61. The van der Waals surface area contributed by atoms with E-state index in [0.29, 0.717) is 13.0 Å². The van der Waals surface area contributed by atoms with Gasteiger partial charge in [0.2, 0.25) is 0 Å². The van der Waals surface area contributed by atoms with Crippen LogP contribution in [-0.4, -0.2) is 142 Å². The predicted molar refractivity (Wildman–Crippen MR) is 201 cm³/mol. The van der Waals surface area contributed by atoms with Gasteiger partial charge >= 0.3 is 5.97 Å². The summed E-state index contributed by atoms with van der Waals surface area (Å²) in [6, 6.07) is 0. The highest BCUT2D eigenvalue weighted by molar-refractivity contribution is 5.69. The SMILES string of the molecule is CCCCCCC/C=C\CCCCCCCCOCC(COC1OC(COC2OC(CO)C(O)C(O)C2O)C(O)C(O)C1O)OC(=O)CCCCCCC. The summed E-state index contributed by atoms with van der Waals surface area (Å²) in [6.07, 6.45) is 9.11. The van der Waals surface area contributed by atoms with Gasteiger partial charge in [-0.05, 0) is 38.5 Å². The molecule has 2 aliphatic rings. The molecule has 7 N–H and O–H groups in total. The molecule has 0 aromatic carbocycles. The highest BCUT2D eigenvalue weighted by atomic mass is 16.7. The molecule has 0 spiro atoms. The number of aliphatic hydroxyl groups is 7. The van der Waals surface area contributed by atoms with Crippen LogP contribution in [0.1, 0.15) is 136 Å². The molecule has 318 valence electrons. The fourth-order valence-corrected chi connectivity index (χ4v) is 6.51. The zero-order valence-corrected chi connectivity index (χ0v) is 33.0. The fraction of sp³-hybridized carbons (Fsp3) is 0.925. The number of carbonyl (C=O) groups is 1. The summed E-state index contributed by atoms with van der Waals surface area (Å²) in [4.78, 5) is 12.7. The monoisotopic (exact) mass is 779 g/mol. The van der Waals surface area contributed by atoms with E-state index in [4.69, 9.17) is 28.4 Å². The van der Waals surface area contributed by atoms with Gasteiger partial charge in [0, 0.05) is 13.0 Å². The van der Waals surface area contributed by atoms with Crippen molar-refractivity contribution in [1.82, 2.24) is 0 Å². The van der Waals surface area contributed by atoms with E-state index in [2.05, 4.69) is 26.0 Å². The molecule has 2 rings (SSSR count). The van der Waals surface area contributed by atoms with Crippen molar-refractivity contribution in [1.29, 1.82) is 0 Å². The van der Waals surface area contributed by atoms with E-state index in [1.165, 1.54) is 57.8 Å². The summed E-state index contributed by atoms with van der Waals surface area (Å²) in [5, 5.41) is 71.5. The van der Waals surface area contributed by atoms with Crippen molar-refractivity contribution in [3.05, 3.63) is 12.2 Å². The molecule has 11 atom stereocenters. The fourth-order valence-electron chi connectivity index (χ4n) is 6.51. The molecule has 14 heteroatoms. The first kappa shape index (κ1) is 48.9. The Morgan fingerprint density at radius 1 is 0.593 bits per heavy atom. The average molecular weight is 779 g/mol. The quantitative estimate of drug-likeness (QED) is 0.0305. The van der Waals surface area contributed by atoms with Gasteiger partial charge < -0.3 is 64.2 Å². The maximum absolute atomic E-state index is 12.7. The molecule has 2 saturated heterocycles. The number of hydrogen-bond donors (Lipinski definition) is 7. The Hall–Kier alpha value is -1.27. The first-order chi connectivity index (χ1) is 26.1. The number of aliphatic hydroxyl groups excluding tert-OH is 7. The lowest BCUT2D eigenvalue weighted by Gasteiger charge is -2.42. The molecule has 14 nitrogen and oxygen atoms in total. The van der Waals surface area contributed by atoms with Crippen LogP contribution in [0.25, 0.3) is 0 Å². The highest BCUT2D eigenvalue weighted by Crippen LogP contribution is 2.26. The summed E-state index contributed by atoms with van der Waals surface area (Å²) >= 11 is 0. The van der Waals surface area contributed by atoms with Crippen LogP contribution in [0.2, 0.25) is 0 Å². The topological polar surface area (TPSA) is 214 Å². The normalized spacial score (nSPS) is 29.5. The standard InChI is InChI=1S/C40H74O14/c1-3-5-7-9-10-11-12-13-14-15-16-17-18-20-22-24-49-26-29(52-32(42)23-21-19-8-6-4-2)27-50-39-38(48)36(46)34(44)31(54-39)28-51-40-37(47)35(45)33(43)30(25-41)53-40/h12-13,29-31,33-41,43-48H,3-11,14-28H2,1-2H3/b13-12-. The van der Waals surface area contributed by atoms with Crippen molar-refractivity contribution in [3.63, 3.8) is 0 Å². The molecule has 0 aliphatic carbocycles. The van der Waals surface area contributed by atoms with Crippen LogP contribution in [0.4, 0.5) is 0 Å². The maximum atomic E-state index is 12.7. The molecule has 54 heavy (non-hydrogen) atoms. The molecule has 0 aromatic heterocycles. The second-order valence-corrected chi connectivity index (χ2v) is 14.8. The van der Waals surface area contributed by atoms with Crippen LogP contribution in [0.15, 0.2) is 12.2 Å². The Bertz CT molecular complexity index is 954. The summed E-state index contributed by atoms with van der Waals surface area (Å²) in [6.45, 7) is 3.55. The number of hydrogen-bond acceptors (Lipinski definition) is 14. The van der Waals surface area contributed by atoms with Crippen LogP contribution < -0.4 is 0 Å². The van der Waals surface area contributed by atoms with E-state index in [0.717, 1.165) is 51.4 Å². The Kier molecular flexibility index (Phi) is 27.1. The van der Waals surface area contributed by atoms with Gasteiger partial charge in [0.25, 0.3) is 0 Å². The Morgan fingerprint density at radius 3 is 1.69 bits per heavy atom. The van der Waals surface area contributed by atoms with Crippen LogP contribution in [0.5, 0.6) is 0 Å². The van der Waals surface area contributed by atoms with Crippen molar-refractivity contribution in [2.24, 2.45) is 0 Å². The third-order valence-electron chi connectivity index (χ3n) is 10.0. The molecule has 0 bridgehead atoms. The summed E-state index contributed by atoms with van der Waals surface area (Å²) < 4.78 is 33.9. The van der Waals surface area contributed by atoms with Gasteiger partial charge in [-0.3, -0.25) is 4.79 Å². The molecule has 11 unspecified atom stereocenters. The summed E-state index contributed by atoms with van der Waals surface area (Å²) in [5.41, 5.74) is 0. The van der Waals surface area contributed by atoms with Crippen LogP contribution in [-0.2, 0) is 33.2 Å². The number of rotatable bonds is 31. The largest absolute Gasteiger partial charge is 0.457 e. The van der Waals surface area contributed by atoms with Gasteiger partial charge in [0.15, 0.2) is 12.6 Å². The Balaban J connectivity index is 1.79. The minimum Gasteiger partial charge on any atom is -0.457 e. The predicted octanol–water partition coefficient (Wildman–Crippen LogP) is 3.56. The maximum Gasteiger partial charge on any atom is 0.306 e. The second kappa shape index (κ2) is 29.9. The van der Waals surface area contributed by atoms with E-state index in [1.807, 2.05) is 0 Å². The first-order valence-corrected chi connectivity index (χ1v) is 20.8. The van der Waals surface area contributed by atoms with E-state index < -0.39 is 86.7 Å². The van der Waals surface area contributed by atoms with Crippen molar-refractivity contribution in [3.8, 4) is 0 Å². The lowest BCUT2D eigenvalue weighted by atomic mass is 9.98. The Labute approximate surface area is 323 Å². The molecule has 0 radical (unpaired) electrons. The molecule has 2 heterocycles. The molecule has 0 aromatic rings. The van der Waals surface area contributed by atoms with E-state index in [-0.39, 0.29) is 19.6 Å². The van der Waals surface area contributed by atoms with Gasteiger partial charge in [-0.15, -0.1) is 0 Å². The summed E-state index contributed by atoms with van der Waals surface area (Å²) in [7, 11) is 0. The first-order valence-electron chi connectivity index (χ1n) is 20.8. The Morgan fingerprint density at radius 2 is 1.09 bits per heavy atom. The highest BCUT2D eigenvalue weighted by Gasteiger charge is 2.47. The van der Waals surface area contributed by atoms with Crippen molar-refractivity contribution < 1.29 is 69.0 Å². The molecule has 0 saturated carbocycles. The smallest absolute Gasteiger partial charge is 0.306 e. The molecule has 0 amide bonds. The number of allylic oxidation sites excluding steroid dienone is 2. The number of ether oxygens (including phenoxy) is 6. The van der Waals surface area contributed by atoms with E-state index in [9.17, 15) is 40.5 Å². The van der Waals surface area contributed by atoms with Crippen LogP contribution in [0, 0.1) is 0 Å². The minimum atomic E-state index is -1.70. The van der Waals surface area contributed by atoms with Crippen molar-refractivity contribution in [2.75, 3.05) is 33.0 Å². The van der Waals surface area contributed by atoms with Gasteiger partial charge in [-0.2, -0.15) is 0 Å². The van der Waals surface area contributed by atoms with Crippen LogP contribution >= 0.6 is 0 Å². The molecule has 2 fully saturated rings. The lowest BCUT2D eigenvalue weighted by molar-refractivity contribution is -0.332. The number of unbranched alkanes of at least 4 members (excludes halogenated alkanes) is 15. The van der Waals surface area contributed by atoms with Crippen molar-refractivity contribution in [2.45, 2.75) is 203 Å². The minimum absolute atomic E-state index is 0.0597. The van der Waals surface area contributed by atoms with Gasteiger partial charge in [-0.1, -0.05) is 103 Å². The second-order valence-electron chi connectivity index (χ2n) is 14.8.